The Morgan fingerprint density at radius 1 is 1.15 bits per heavy atom. The van der Waals surface area contributed by atoms with Crippen molar-refractivity contribution in [2.45, 2.75) is 13.5 Å². The van der Waals surface area contributed by atoms with E-state index in [4.69, 9.17) is 4.74 Å². The lowest BCUT2D eigenvalue weighted by atomic mass is 10.2. The Kier molecular flexibility index (Phi) is 3.06. The number of rotatable bonds is 3. The zero-order valence-corrected chi connectivity index (χ0v) is 11.5. The average molecular weight is 268 g/mol. The van der Waals surface area contributed by atoms with E-state index in [9.17, 15) is 5.11 Å². The number of aryl methyl sites for hydroxylation is 2. The molecule has 3 rings (SSSR count). The maximum absolute atomic E-state index is 9.48. The number of aromatic hydroxyl groups is 1. The fourth-order valence-corrected chi connectivity index (χ4v) is 2.15. The fraction of sp³-hybridized carbons (Fsp3) is 0.188. The number of phenols is 1. The van der Waals surface area contributed by atoms with Gasteiger partial charge in [0, 0.05) is 13.1 Å². The SMILES string of the molecule is Cc1ccc(OCc2nc3cc(O)ccc3n2C)cc1. The molecule has 0 unspecified atom stereocenters. The van der Waals surface area contributed by atoms with Crippen LogP contribution in [0.5, 0.6) is 11.5 Å². The van der Waals surface area contributed by atoms with Gasteiger partial charge in [-0.15, -0.1) is 0 Å². The Bertz CT molecular complexity index is 745. The van der Waals surface area contributed by atoms with E-state index in [-0.39, 0.29) is 5.75 Å². The molecule has 0 spiro atoms. The molecule has 0 aliphatic carbocycles. The van der Waals surface area contributed by atoms with E-state index in [2.05, 4.69) is 4.98 Å². The molecule has 0 atom stereocenters. The molecule has 0 amide bonds. The normalized spacial score (nSPS) is 10.9. The third kappa shape index (κ3) is 2.32. The number of aromatic nitrogens is 2. The van der Waals surface area contributed by atoms with Crippen LogP contribution in [0.15, 0.2) is 42.5 Å². The van der Waals surface area contributed by atoms with Crippen molar-refractivity contribution in [3.63, 3.8) is 0 Å². The van der Waals surface area contributed by atoms with Crippen molar-refractivity contribution in [2.75, 3.05) is 0 Å². The Hall–Kier alpha value is -2.49. The molecule has 1 N–H and O–H groups in total. The third-order valence-electron chi connectivity index (χ3n) is 3.35. The highest BCUT2D eigenvalue weighted by Gasteiger charge is 2.08. The van der Waals surface area contributed by atoms with Crippen LogP contribution in [0.1, 0.15) is 11.4 Å². The summed E-state index contributed by atoms with van der Waals surface area (Å²) in [5.74, 6) is 1.87. The van der Waals surface area contributed by atoms with Crippen LogP contribution in [-0.2, 0) is 13.7 Å². The van der Waals surface area contributed by atoms with Crippen LogP contribution in [0.3, 0.4) is 0 Å². The van der Waals surface area contributed by atoms with Gasteiger partial charge in [-0.2, -0.15) is 0 Å². The summed E-state index contributed by atoms with van der Waals surface area (Å²) < 4.78 is 7.72. The lowest BCUT2D eigenvalue weighted by molar-refractivity contribution is 0.292. The minimum atomic E-state index is 0.224. The summed E-state index contributed by atoms with van der Waals surface area (Å²) in [5, 5.41) is 9.48. The molecule has 2 aromatic carbocycles. The summed E-state index contributed by atoms with van der Waals surface area (Å²) in [4.78, 5) is 4.48. The van der Waals surface area contributed by atoms with Crippen molar-refractivity contribution in [1.82, 2.24) is 9.55 Å². The Balaban J connectivity index is 1.84. The van der Waals surface area contributed by atoms with E-state index in [0.29, 0.717) is 6.61 Å². The second kappa shape index (κ2) is 4.89. The molecular formula is C16H16N2O2. The quantitative estimate of drug-likeness (QED) is 0.793. The van der Waals surface area contributed by atoms with Crippen molar-refractivity contribution in [2.24, 2.45) is 7.05 Å². The standard InChI is InChI=1S/C16H16N2O2/c1-11-3-6-13(7-4-11)20-10-16-17-14-9-12(19)5-8-15(14)18(16)2/h3-9,19H,10H2,1-2H3. The Morgan fingerprint density at radius 2 is 1.90 bits per heavy atom. The molecule has 0 radical (unpaired) electrons. The van der Waals surface area contributed by atoms with E-state index in [0.717, 1.165) is 22.6 Å². The topological polar surface area (TPSA) is 47.3 Å². The van der Waals surface area contributed by atoms with Gasteiger partial charge in [-0.05, 0) is 31.2 Å². The number of nitrogens with zero attached hydrogens (tertiary/aromatic N) is 2. The van der Waals surface area contributed by atoms with Crippen LogP contribution >= 0.6 is 0 Å². The molecule has 1 aromatic heterocycles. The molecule has 20 heavy (non-hydrogen) atoms. The zero-order valence-electron chi connectivity index (χ0n) is 11.5. The molecule has 4 heteroatoms. The first-order chi connectivity index (χ1) is 9.63. The summed E-state index contributed by atoms with van der Waals surface area (Å²) in [6.45, 7) is 2.44. The van der Waals surface area contributed by atoms with Gasteiger partial charge in [0.05, 0.1) is 11.0 Å². The average Bonchev–Trinajstić information content (AvgIpc) is 2.74. The first kappa shape index (κ1) is 12.5. The van der Waals surface area contributed by atoms with Gasteiger partial charge in [0.25, 0.3) is 0 Å². The molecular weight excluding hydrogens is 252 g/mol. The van der Waals surface area contributed by atoms with Crippen molar-refractivity contribution in [3.05, 3.63) is 53.9 Å². The highest BCUT2D eigenvalue weighted by Crippen LogP contribution is 2.21. The monoisotopic (exact) mass is 268 g/mol. The molecule has 3 aromatic rings. The number of benzene rings is 2. The van der Waals surface area contributed by atoms with Crippen LogP contribution in [0.2, 0.25) is 0 Å². The van der Waals surface area contributed by atoms with Gasteiger partial charge in [-0.1, -0.05) is 17.7 Å². The fourth-order valence-electron chi connectivity index (χ4n) is 2.15. The van der Waals surface area contributed by atoms with Crippen molar-refractivity contribution >= 4 is 11.0 Å². The molecule has 0 saturated carbocycles. The predicted molar refractivity (Wildman–Crippen MR) is 77.9 cm³/mol. The van der Waals surface area contributed by atoms with Crippen molar-refractivity contribution in [3.8, 4) is 11.5 Å². The minimum Gasteiger partial charge on any atom is -0.508 e. The zero-order chi connectivity index (χ0) is 14.1. The Labute approximate surface area is 117 Å². The summed E-state index contributed by atoms with van der Waals surface area (Å²) >= 11 is 0. The van der Waals surface area contributed by atoms with Crippen LogP contribution in [0, 0.1) is 6.92 Å². The van der Waals surface area contributed by atoms with E-state index < -0.39 is 0 Å². The predicted octanol–water partition coefficient (Wildman–Crippen LogP) is 3.17. The lowest BCUT2D eigenvalue weighted by Gasteiger charge is -2.06. The number of imidazole rings is 1. The Morgan fingerprint density at radius 3 is 2.65 bits per heavy atom. The highest BCUT2D eigenvalue weighted by molar-refractivity contribution is 5.77. The second-order valence-electron chi connectivity index (χ2n) is 4.86. The molecule has 0 bridgehead atoms. The smallest absolute Gasteiger partial charge is 0.147 e. The minimum absolute atomic E-state index is 0.224. The second-order valence-corrected chi connectivity index (χ2v) is 4.86. The summed E-state index contributed by atoms with van der Waals surface area (Å²) in [6.07, 6.45) is 0. The molecule has 4 nitrogen and oxygen atoms in total. The largest absolute Gasteiger partial charge is 0.508 e. The number of hydrogen-bond donors (Lipinski definition) is 1. The summed E-state index contributed by atoms with van der Waals surface area (Å²) in [5.41, 5.74) is 2.95. The summed E-state index contributed by atoms with van der Waals surface area (Å²) in [6, 6.07) is 13.1. The number of fused-ring (bicyclic) bond motifs is 1. The third-order valence-corrected chi connectivity index (χ3v) is 3.35. The maximum atomic E-state index is 9.48. The van der Waals surface area contributed by atoms with Gasteiger partial charge in [0.1, 0.15) is 23.9 Å². The van der Waals surface area contributed by atoms with Gasteiger partial charge in [-0.25, -0.2) is 4.98 Å². The molecule has 0 aliphatic heterocycles. The van der Waals surface area contributed by atoms with E-state index >= 15 is 0 Å². The number of phenolic OH excluding ortho intramolecular Hbond substituents is 1. The van der Waals surface area contributed by atoms with Crippen molar-refractivity contribution < 1.29 is 9.84 Å². The van der Waals surface area contributed by atoms with Crippen LogP contribution < -0.4 is 4.74 Å². The molecule has 0 saturated heterocycles. The first-order valence-electron chi connectivity index (χ1n) is 6.47. The molecule has 1 heterocycles. The van der Waals surface area contributed by atoms with Crippen LogP contribution in [0.25, 0.3) is 11.0 Å². The van der Waals surface area contributed by atoms with Gasteiger partial charge < -0.3 is 14.4 Å². The van der Waals surface area contributed by atoms with E-state index in [1.807, 2.05) is 48.9 Å². The van der Waals surface area contributed by atoms with Crippen LogP contribution in [-0.4, -0.2) is 14.7 Å². The van der Waals surface area contributed by atoms with Gasteiger partial charge in [0.2, 0.25) is 0 Å². The van der Waals surface area contributed by atoms with Gasteiger partial charge in [-0.3, -0.25) is 0 Å². The molecule has 102 valence electrons. The van der Waals surface area contributed by atoms with Gasteiger partial charge in [0.15, 0.2) is 0 Å². The first-order valence-corrected chi connectivity index (χ1v) is 6.47. The van der Waals surface area contributed by atoms with Crippen molar-refractivity contribution in [1.29, 1.82) is 0 Å². The van der Waals surface area contributed by atoms with E-state index in [1.165, 1.54) is 5.56 Å². The molecule has 0 fully saturated rings. The number of ether oxygens (including phenoxy) is 1. The number of hydrogen-bond acceptors (Lipinski definition) is 3. The lowest BCUT2D eigenvalue weighted by Crippen LogP contribution is -2.03. The van der Waals surface area contributed by atoms with E-state index in [1.54, 1.807) is 12.1 Å². The summed E-state index contributed by atoms with van der Waals surface area (Å²) in [7, 11) is 1.94. The highest BCUT2D eigenvalue weighted by atomic mass is 16.5. The maximum Gasteiger partial charge on any atom is 0.147 e. The van der Waals surface area contributed by atoms with Crippen LogP contribution in [0.4, 0.5) is 0 Å². The van der Waals surface area contributed by atoms with Gasteiger partial charge >= 0.3 is 0 Å². The molecule has 0 aliphatic rings.